The Morgan fingerprint density at radius 3 is 3.16 bits per heavy atom. The Kier molecular flexibility index (Phi) is 3.29. The standard InChI is InChI=1S/C14H15FN2O2/c15-11-4-1-5-12-13(11)14(18)17(9-16-12)7-10-3-2-6-19-8-10/h1,4-5,9-10H,2-3,6-8H2/t10-/m0/s1. The summed E-state index contributed by atoms with van der Waals surface area (Å²) in [4.78, 5) is 16.4. The first-order valence-corrected chi connectivity index (χ1v) is 6.47. The molecule has 1 saturated heterocycles. The number of nitrogens with zero attached hydrogens (tertiary/aromatic N) is 2. The van der Waals surface area contributed by atoms with E-state index in [0.29, 0.717) is 24.6 Å². The highest BCUT2D eigenvalue weighted by Crippen LogP contribution is 2.16. The normalized spacial score (nSPS) is 19.7. The van der Waals surface area contributed by atoms with Gasteiger partial charge in [0, 0.05) is 19.1 Å². The van der Waals surface area contributed by atoms with Gasteiger partial charge in [-0.2, -0.15) is 0 Å². The van der Waals surface area contributed by atoms with E-state index in [9.17, 15) is 9.18 Å². The van der Waals surface area contributed by atoms with Crippen molar-refractivity contribution in [2.75, 3.05) is 13.2 Å². The maximum atomic E-state index is 13.7. The second kappa shape index (κ2) is 5.09. The summed E-state index contributed by atoms with van der Waals surface area (Å²) < 4.78 is 20.6. The van der Waals surface area contributed by atoms with Gasteiger partial charge in [-0.3, -0.25) is 9.36 Å². The predicted octanol–water partition coefficient (Wildman–Crippen LogP) is 1.96. The molecule has 5 heteroatoms. The monoisotopic (exact) mass is 262 g/mol. The van der Waals surface area contributed by atoms with E-state index in [1.807, 2.05) is 0 Å². The molecule has 0 spiro atoms. The maximum Gasteiger partial charge on any atom is 0.264 e. The fraction of sp³-hybridized carbons (Fsp3) is 0.429. The second-order valence-corrected chi connectivity index (χ2v) is 4.92. The Balaban J connectivity index is 1.98. The average Bonchev–Trinajstić information content (AvgIpc) is 2.43. The maximum absolute atomic E-state index is 13.7. The van der Waals surface area contributed by atoms with Crippen LogP contribution in [0.5, 0.6) is 0 Å². The Bertz CT molecular complexity index is 647. The lowest BCUT2D eigenvalue weighted by atomic mass is 10.0. The van der Waals surface area contributed by atoms with E-state index in [4.69, 9.17) is 4.74 Å². The van der Waals surface area contributed by atoms with Crippen LogP contribution in [0.25, 0.3) is 10.9 Å². The van der Waals surface area contributed by atoms with Crippen molar-refractivity contribution in [3.8, 4) is 0 Å². The molecule has 19 heavy (non-hydrogen) atoms. The van der Waals surface area contributed by atoms with Gasteiger partial charge >= 0.3 is 0 Å². The van der Waals surface area contributed by atoms with Gasteiger partial charge in [0.05, 0.1) is 18.5 Å². The van der Waals surface area contributed by atoms with E-state index in [2.05, 4.69) is 4.98 Å². The van der Waals surface area contributed by atoms with Crippen molar-refractivity contribution >= 4 is 10.9 Å². The summed E-state index contributed by atoms with van der Waals surface area (Å²) in [5.74, 6) is -0.207. The van der Waals surface area contributed by atoms with Gasteiger partial charge in [-0.1, -0.05) is 6.07 Å². The zero-order chi connectivity index (χ0) is 13.2. The minimum absolute atomic E-state index is 0.0710. The van der Waals surface area contributed by atoms with Crippen LogP contribution in [-0.4, -0.2) is 22.8 Å². The third-order valence-corrected chi connectivity index (χ3v) is 3.51. The number of benzene rings is 1. The van der Waals surface area contributed by atoms with Crippen LogP contribution in [-0.2, 0) is 11.3 Å². The van der Waals surface area contributed by atoms with Crippen LogP contribution in [0.4, 0.5) is 4.39 Å². The van der Waals surface area contributed by atoms with Crippen molar-refractivity contribution < 1.29 is 9.13 Å². The zero-order valence-electron chi connectivity index (χ0n) is 10.5. The molecule has 0 saturated carbocycles. The second-order valence-electron chi connectivity index (χ2n) is 4.92. The summed E-state index contributed by atoms with van der Waals surface area (Å²) in [6.07, 6.45) is 3.54. The van der Waals surface area contributed by atoms with Crippen LogP contribution < -0.4 is 5.56 Å². The molecule has 0 radical (unpaired) electrons. The smallest absolute Gasteiger partial charge is 0.264 e. The largest absolute Gasteiger partial charge is 0.381 e. The van der Waals surface area contributed by atoms with Gasteiger partial charge in [0.15, 0.2) is 0 Å². The fourth-order valence-electron chi connectivity index (χ4n) is 2.52. The lowest BCUT2D eigenvalue weighted by molar-refractivity contribution is 0.0479. The van der Waals surface area contributed by atoms with Crippen LogP contribution in [0, 0.1) is 11.7 Å². The van der Waals surface area contributed by atoms with Crippen molar-refractivity contribution in [1.82, 2.24) is 9.55 Å². The molecule has 1 aliphatic heterocycles. The molecule has 100 valence electrons. The first kappa shape index (κ1) is 12.3. The molecule has 2 aromatic rings. The van der Waals surface area contributed by atoms with Crippen molar-refractivity contribution in [2.45, 2.75) is 19.4 Å². The number of hydrogen-bond acceptors (Lipinski definition) is 3. The number of aromatic nitrogens is 2. The third-order valence-electron chi connectivity index (χ3n) is 3.51. The summed E-state index contributed by atoms with van der Waals surface area (Å²) >= 11 is 0. The van der Waals surface area contributed by atoms with E-state index in [1.165, 1.54) is 17.0 Å². The average molecular weight is 262 g/mol. The van der Waals surface area contributed by atoms with Gasteiger partial charge in [0.1, 0.15) is 11.2 Å². The van der Waals surface area contributed by atoms with E-state index in [0.717, 1.165) is 19.4 Å². The van der Waals surface area contributed by atoms with Crippen molar-refractivity contribution in [1.29, 1.82) is 0 Å². The SMILES string of the molecule is O=c1c2c(F)cccc2ncn1C[C@@H]1CCCOC1. The molecule has 0 aliphatic carbocycles. The summed E-state index contributed by atoms with van der Waals surface area (Å²) in [6, 6.07) is 4.50. The van der Waals surface area contributed by atoms with Crippen LogP contribution in [0.15, 0.2) is 29.3 Å². The van der Waals surface area contributed by atoms with Crippen molar-refractivity contribution in [3.63, 3.8) is 0 Å². The molecule has 1 fully saturated rings. The quantitative estimate of drug-likeness (QED) is 0.831. The van der Waals surface area contributed by atoms with Crippen LogP contribution >= 0.6 is 0 Å². The summed E-state index contributed by atoms with van der Waals surface area (Å²) in [5.41, 5.74) is 0.0924. The highest BCUT2D eigenvalue weighted by molar-refractivity contribution is 5.77. The molecule has 4 nitrogen and oxygen atoms in total. The summed E-state index contributed by atoms with van der Waals surface area (Å²) in [6.45, 7) is 1.98. The summed E-state index contributed by atoms with van der Waals surface area (Å²) in [5, 5.41) is 0.0710. The Hall–Kier alpha value is -1.75. The fourth-order valence-corrected chi connectivity index (χ4v) is 2.52. The number of ether oxygens (including phenoxy) is 1. The summed E-state index contributed by atoms with van der Waals surface area (Å²) in [7, 11) is 0. The Morgan fingerprint density at radius 1 is 1.47 bits per heavy atom. The third kappa shape index (κ3) is 2.38. The van der Waals surface area contributed by atoms with Crippen LogP contribution in [0.2, 0.25) is 0 Å². The van der Waals surface area contributed by atoms with Crippen molar-refractivity contribution in [2.24, 2.45) is 5.92 Å². The zero-order valence-corrected chi connectivity index (χ0v) is 10.5. The molecule has 0 bridgehead atoms. The van der Waals surface area contributed by atoms with Gasteiger partial charge in [0.25, 0.3) is 5.56 Å². The molecule has 0 amide bonds. The van der Waals surface area contributed by atoms with E-state index in [1.54, 1.807) is 12.1 Å². The molecule has 0 unspecified atom stereocenters. The molecular formula is C14H15FN2O2. The van der Waals surface area contributed by atoms with Crippen LogP contribution in [0.3, 0.4) is 0 Å². The molecule has 1 aromatic carbocycles. The first-order chi connectivity index (χ1) is 9.25. The topological polar surface area (TPSA) is 44.1 Å². The van der Waals surface area contributed by atoms with E-state index >= 15 is 0 Å². The highest BCUT2D eigenvalue weighted by atomic mass is 19.1. The predicted molar refractivity (Wildman–Crippen MR) is 69.5 cm³/mol. The number of hydrogen-bond donors (Lipinski definition) is 0. The Morgan fingerprint density at radius 2 is 2.37 bits per heavy atom. The highest BCUT2D eigenvalue weighted by Gasteiger charge is 2.16. The molecule has 2 heterocycles. The molecule has 3 rings (SSSR count). The Labute approximate surface area is 109 Å². The van der Waals surface area contributed by atoms with Crippen LogP contribution in [0.1, 0.15) is 12.8 Å². The molecule has 0 N–H and O–H groups in total. The van der Waals surface area contributed by atoms with E-state index in [-0.39, 0.29) is 10.9 Å². The van der Waals surface area contributed by atoms with Gasteiger partial charge in [-0.25, -0.2) is 9.37 Å². The molecular weight excluding hydrogens is 247 g/mol. The van der Waals surface area contributed by atoms with Gasteiger partial charge in [-0.15, -0.1) is 0 Å². The minimum Gasteiger partial charge on any atom is -0.381 e. The minimum atomic E-state index is -0.510. The lowest BCUT2D eigenvalue weighted by Gasteiger charge is -2.22. The van der Waals surface area contributed by atoms with Gasteiger partial charge in [0.2, 0.25) is 0 Å². The van der Waals surface area contributed by atoms with Gasteiger partial charge < -0.3 is 4.74 Å². The molecule has 1 atom stereocenters. The molecule has 1 aromatic heterocycles. The van der Waals surface area contributed by atoms with Gasteiger partial charge in [-0.05, 0) is 25.0 Å². The lowest BCUT2D eigenvalue weighted by Crippen LogP contribution is -2.29. The number of halogens is 1. The number of rotatable bonds is 2. The van der Waals surface area contributed by atoms with E-state index < -0.39 is 5.82 Å². The first-order valence-electron chi connectivity index (χ1n) is 6.47. The van der Waals surface area contributed by atoms with Crippen molar-refractivity contribution in [3.05, 3.63) is 40.7 Å². The number of fused-ring (bicyclic) bond motifs is 1. The molecule has 1 aliphatic rings.